The lowest BCUT2D eigenvalue weighted by molar-refractivity contribution is 0.122. The number of halogens is 2. The van der Waals surface area contributed by atoms with E-state index < -0.39 is 5.82 Å². The highest BCUT2D eigenvalue weighted by Crippen LogP contribution is 2.30. The summed E-state index contributed by atoms with van der Waals surface area (Å²) < 4.78 is 19.4. The zero-order valence-electron chi connectivity index (χ0n) is 16.4. The molecular weight excluding hydrogens is 407 g/mol. The van der Waals surface area contributed by atoms with Gasteiger partial charge in [0.1, 0.15) is 6.54 Å². The van der Waals surface area contributed by atoms with Gasteiger partial charge in [0, 0.05) is 35.4 Å². The smallest absolute Gasteiger partial charge is 0.270 e. The lowest BCUT2D eigenvalue weighted by Gasteiger charge is -2.27. The van der Waals surface area contributed by atoms with E-state index in [1.165, 1.54) is 0 Å². The maximum atomic E-state index is 14.1. The van der Waals surface area contributed by atoms with E-state index in [9.17, 15) is 4.39 Å². The molecule has 1 aliphatic rings. The van der Waals surface area contributed by atoms with Gasteiger partial charge >= 0.3 is 0 Å². The van der Waals surface area contributed by atoms with E-state index in [0.717, 1.165) is 28.6 Å². The van der Waals surface area contributed by atoms with Crippen LogP contribution < -0.4 is 4.90 Å². The van der Waals surface area contributed by atoms with Gasteiger partial charge in [-0.1, -0.05) is 29.8 Å². The fourth-order valence-electron chi connectivity index (χ4n) is 3.23. The van der Waals surface area contributed by atoms with Crippen LogP contribution in [0.3, 0.4) is 0 Å². The van der Waals surface area contributed by atoms with Crippen molar-refractivity contribution >= 4 is 23.4 Å². The van der Waals surface area contributed by atoms with Crippen LogP contribution in [0.15, 0.2) is 53.0 Å². The predicted molar refractivity (Wildman–Crippen MR) is 113 cm³/mol. The Morgan fingerprint density at radius 1 is 1.13 bits per heavy atom. The lowest BCUT2D eigenvalue weighted by atomic mass is 10.0. The molecule has 0 atom stereocenters. The zero-order valence-corrected chi connectivity index (χ0v) is 17.2. The molecule has 2 aromatic heterocycles. The minimum atomic E-state index is -0.483. The molecule has 4 rings (SSSR count). The molecule has 0 saturated carbocycles. The van der Waals surface area contributed by atoms with Gasteiger partial charge in [-0.15, -0.1) is 5.11 Å². The summed E-state index contributed by atoms with van der Waals surface area (Å²) in [6.07, 6.45) is 2.88. The van der Waals surface area contributed by atoms with Crippen LogP contribution in [-0.2, 0) is 11.3 Å². The van der Waals surface area contributed by atoms with E-state index in [0.29, 0.717) is 31.3 Å². The van der Waals surface area contributed by atoms with E-state index in [1.807, 2.05) is 42.2 Å². The number of hydrogen-bond acceptors (Lipinski definition) is 7. The van der Waals surface area contributed by atoms with Crippen LogP contribution in [0.2, 0.25) is 5.02 Å². The minimum absolute atomic E-state index is 0.112. The Balaban J connectivity index is 1.45. The van der Waals surface area contributed by atoms with Crippen LogP contribution in [0.5, 0.6) is 0 Å². The second kappa shape index (κ2) is 9.23. The van der Waals surface area contributed by atoms with Gasteiger partial charge in [0.05, 0.1) is 25.1 Å². The van der Waals surface area contributed by atoms with E-state index in [-0.39, 0.29) is 18.3 Å². The summed E-state index contributed by atoms with van der Waals surface area (Å²) in [6.45, 7) is 4.50. The summed E-state index contributed by atoms with van der Waals surface area (Å²) in [7, 11) is 0. The number of morpholine rings is 1. The Morgan fingerprint density at radius 3 is 2.70 bits per heavy atom. The molecule has 0 amide bonds. The number of anilines is 1. The van der Waals surface area contributed by atoms with Gasteiger partial charge < -0.3 is 9.64 Å². The summed E-state index contributed by atoms with van der Waals surface area (Å²) in [5, 5.41) is 8.82. The standard InChI is InChI=1S/C21H20ClFN6O/c1-14-3-2-4-17(22)19(14)15-5-6-16(24-11-15)12-26-28-21-25-13-18(23)20(27-21)29-7-9-30-10-8-29/h2-6,11,13H,7-10,12H2,1H3. The van der Waals surface area contributed by atoms with Gasteiger partial charge in [0.25, 0.3) is 5.95 Å². The molecule has 3 heterocycles. The second-order valence-electron chi connectivity index (χ2n) is 6.81. The monoisotopic (exact) mass is 426 g/mol. The van der Waals surface area contributed by atoms with Crippen molar-refractivity contribution < 1.29 is 9.13 Å². The van der Waals surface area contributed by atoms with Crippen molar-refractivity contribution in [3.05, 3.63) is 64.8 Å². The summed E-state index contributed by atoms with van der Waals surface area (Å²) in [5.41, 5.74) is 3.73. The Labute approximate surface area is 178 Å². The first-order valence-electron chi connectivity index (χ1n) is 9.55. The molecule has 0 unspecified atom stereocenters. The number of benzene rings is 1. The average molecular weight is 427 g/mol. The third-order valence-electron chi connectivity index (χ3n) is 4.75. The van der Waals surface area contributed by atoms with E-state index >= 15 is 0 Å². The van der Waals surface area contributed by atoms with Crippen LogP contribution in [0.1, 0.15) is 11.3 Å². The predicted octanol–water partition coefficient (Wildman–Crippen LogP) is 4.76. The summed E-state index contributed by atoms with van der Waals surface area (Å²) >= 11 is 6.32. The zero-order chi connectivity index (χ0) is 20.9. The molecule has 154 valence electrons. The number of ether oxygens (including phenoxy) is 1. The highest BCUT2D eigenvalue weighted by atomic mass is 35.5. The Morgan fingerprint density at radius 2 is 1.97 bits per heavy atom. The number of azo groups is 1. The molecule has 30 heavy (non-hydrogen) atoms. The summed E-state index contributed by atoms with van der Waals surface area (Å²) in [6, 6.07) is 9.63. The second-order valence-corrected chi connectivity index (χ2v) is 7.22. The molecule has 1 saturated heterocycles. The van der Waals surface area contributed by atoms with Crippen molar-refractivity contribution in [2.24, 2.45) is 10.2 Å². The van der Waals surface area contributed by atoms with Crippen LogP contribution in [0.25, 0.3) is 11.1 Å². The molecule has 3 aromatic rings. The maximum absolute atomic E-state index is 14.1. The molecule has 1 fully saturated rings. The molecule has 7 nitrogen and oxygen atoms in total. The van der Waals surface area contributed by atoms with Gasteiger partial charge in [-0.05, 0) is 24.6 Å². The van der Waals surface area contributed by atoms with Crippen molar-refractivity contribution in [2.45, 2.75) is 13.5 Å². The molecule has 0 N–H and O–H groups in total. The summed E-state index contributed by atoms with van der Waals surface area (Å²) in [4.78, 5) is 14.3. The highest BCUT2D eigenvalue weighted by molar-refractivity contribution is 6.33. The minimum Gasteiger partial charge on any atom is -0.378 e. The first-order valence-corrected chi connectivity index (χ1v) is 9.93. The SMILES string of the molecule is Cc1cccc(Cl)c1-c1ccc(CN=Nc2ncc(F)c(N3CCOCC3)n2)nc1. The van der Waals surface area contributed by atoms with Crippen LogP contribution in [-0.4, -0.2) is 41.3 Å². The molecule has 0 spiro atoms. The topological polar surface area (TPSA) is 75.9 Å². The maximum Gasteiger partial charge on any atom is 0.270 e. The van der Waals surface area contributed by atoms with Gasteiger partial charge in [-0.3, -0.25) is 4.98 Å². The van der Waals surface area contributed by atoms with Crippen molar-refractivity contribution in [3.8, 4) is 11.1 Å². The fraction of sp³-hybridized carbons (Fsp3) is 0.286. The number of nitrogens with zero attached hydrogens (tertiary/aromatic N) is 6. The third-order valence-corrected chi connectivity index (χ3v) is 5.07. The number of pyridine rings is 1. The number of hydrogen-bond donors (Lipinski definition) is 0. The molecule has 1 aliphatic heterocycles. The Bertz CT molecular complexity index is 1030. The van der Waals surface area contributed by atoms with Gasteiger partial charge in [0.15, 0.2) is 11.6 Å². The van der Waals surface area contributed by atoms with E-state index in [4.69, 9.17) is 16.3 Å². The third kappa shape index (κ3) is 4.60. The van der Waals surface area contributed by atoms with Gasteiger partial charge in [-0.2, -0.15) is 10.1 Å². The lowest BCUT2D eigenvalue weighted by Crippen LogP contribution is -2.37. The number of rotatable bonds is 5. The van der Waals surface area contributed by atoms with Gasteiger partial charge in [-0.25, -0.2) is 9.37 Å². The van der Waals surface area contributed by atoms with Crippen molar-refractivity contribution in [3.63, 3.8) is 0 Å². The molecular formula is C21H20ClFN6O. The van der Waals surface area contributed by atoms with Crippen molar-refractivity contribution in [1.82, 2.24) is 15.0 Å². The van der Waals surface area contributed by atoms with Gasteiger partial charge in [0.2, 0.25) is 0 Å². The first-order chi connectivity index (χ1) is 14.6. The first kappa shape index (κ1) is 20.3. The van der Waals surface area contributed by atoms with Crippen LogP contribution in [0, 0.1) is 12.7 Å². The summed E-state index contributed by atoms with van der Waals surface area (Å²) in [5.74, 6) is -0.149. The molecule has 0 bridgehead atoms. The van der Waals surface area contributed by atoms with Crippen molar-refractivity contribution in [2.75, 3.05) is 31.2 Å². The molecule has 0 aliphatic carbocycles. The van der Waals surface area contributed by atoms with Crippen molar-refractivity contribution in [1.29, 1.82) is 0 Å². The fourth-order valence-corrected chi connectivity index (χ4v) is 3.56. The molecule has 1 aromatic carbocycles. The quantitative estimate of drug-likeness (QED) is 0.550. The number of aryl methyl sites for hydroxylation is 1. The molecule has 0 radical (unpaired) electrons. The van der Waals surface area contributed by atoms with E-state index in [2.05, 4.69) is 25.2 Å². The Hall–Kier alpha value is -2.97. The largest absolute Gasteiger partial charge is 0.378 e. The van der Waals surface area contributed by atoms with Crippen LogP contribution in [0.4, 0.5) is 16.2 Å². The highest BCUT2D eigenvalue weighted by Gasteiger charge is 2.17. The van der Waals surface area contributed by atoms with Crippen LogP contribution >= 0.6 is 11.6 Å². The average Bonchev–Trinajstić information content (AvgIpc) is 2.76. The number of aromatic nitrogens is 3. The normalized spacial score (nSPS) is 14.4. The molecule has 9 heteroatoms. The van der Waals surface area contributed by atoms with E-state index in [1.54, 1.807) is 6.20 Å². The Kier molecular flexibility index (Phi) is 6.25.